The minimum absolute atomic E-state index is 0.0318. The number of benzene rings is 1. The molecule has 3 rings (SSSR count). The number of hydrogen-bond donors (Lipinski definition) is 1. The average Bonchev–Trinajstić information content (AvgIpc) is 2.61. The van der Waals surface area contributed by atoms with E-state index in [0.29, 0.717) is 26.2 Å². The Labute approximate surface area is 141 Å². The van der Waals surface area contributed by atoms with Gasteiger partial charge < -0.3 is 14.6 Å². The molecule has 1 aromatic rings. The van der Waals surface area contributed by atoms with Gasteiger partial charge in [0.05, 0.1) is 0 Å². The Morgan fingerprint density at radius 3 is 2.58 bits per heavy atom. The molecule has 1 unspecified atom stereocenters. The first-order valence-corrected chi connectivity index (χ1v) is 8.38. The molecule has 2 aliphatic heterocycles. The molecule has 1 atom stereocenters. The molecule has 6 nitrogen and oxygen atoms in total. The summed E-state index contributed by atoms with van der Waals surface area (Å²) < 4.78 is 10.8. The molecule has 130 valence electrons. The molecule has 2 saturated heterocycles. The van der Waals surface area contributed by atoms with Gasteiger partial charge in [0.25, 0.3) is 0 Å². The Hall–Kier alpha value is -2.08. The third kappa shape index (κ3) is 3.70. The first kappa shape index (κ1) is 16.8. The third-order valence-corrected chi connectivity index (χ3v) is 5.11. The number of likely N-dealkylation sites (tertiary alicyclic amines) is 1. The Bertz CT molecular complexity index is 582. The van der Waals surface area contributed by atoms with Gasteiger partial charge in [0.15, 0.2) is 0 Å². The van der Waals surface area contributed by atoms with Crippen LogP contribution in [0.25, 0.3) is 0 Å². The summed E-state index contributed by atoms with van der Waals surface area (Å²) in [4.78, 5) is 25.5. The number of aliphatic carboxylic acids is 1. The fraction of sp³-hybridized carbons (Fsp3) is 0.556. The van der Waals surface area contributed by atoms with Crippen LogP contribution in [-0.2, 0) is 20.9 Å². The summed E-state index contributed by atoms with van der Waals surface area (Å²) in [5.74, 6) is -0.964. The van der Waals surface area contributed by atoms with Crippen LogP contribution in [0.5, 0.6) is 0 Å². The summed E-state index contributed by atoms with van der Waals surface area (Å²) in [5, 5.41) is 9.46. The summed E-state index contributed by atoms with van der Waals surface area (Å²) in [5.41, 5.74) is 0.853. The van der Waals surface area contributed by atoms with Gasteiger partial charge in [-0.15, -0.1) is 0 Å². The van der Waals surface area contributed by atoms with Crippen molar-refractivity contribution in [2.45, 2.75) is 38.3 Å². The number of hydrogen-bond acceptors (Lipinski definition) is 4. The van der Waals surface area contributed by atoms with Crippen LogP contribution in [0.15, 0.2) is 30.3 Å². The third-order valence-electron chi connectivity index (χ3n) is 5.11. The van der Waals surface area contributed by atoms with Crippen LogP contribution in [0.3, 0.4) is 0 Å². The summed E-state index contributed by atoms with van der Waals surface area (Å²) in [6, 6.07) is 8.59. The zero-order valence-corrected chi connectivity index (χ0v) is 13.6. The fourth-order valence-electron chi connectivity index (χ4n) is 3.61. The topological polar surface area (TPSA) is 76.1 Å². The van der Waals surface area contributed by atoms with E-state index in [1.807, 2.05) is 30.3 Å². The van der Waals surface area contributed by atoms with E-state index in [2.05, 4.69) is 0 Å². The predicted octanol–water partition coefficient (Wildman–Crippen LogP) is 2.67. The SMILES string of the molecule is O=C(O)C1CCC2(CCOCC2)CN1C(=O)OCc1ccccc1. The highest BCUT2D eigenvalue weighted by molar-refractivity contribution is 5.80. The number of rotatable bonds is 3. The van der Waals surface area contributed by atoms with Gasteiger partial charge >= 0.3 is 12.1 Å². The summed E-state index contributed by atoms with van der Waals surface area (Å²) in [7, 11) is 0. The summed E-state index contributed by atoms with van der Waals surface area (Å²) >= 11 is 0. The quantitative estimate of drug-likeness (QED) is 0.920. The van der Waals surface area contributed by atoms with Gasteiger partial charge in [-0.3, -0.25) is 4.90 Å². The number of ether oxygens (including phenoxy) is 2. The molecule has 0 radical (unpaired) electrons. The fourth-order valence-corrected chi connectivity index (χ4v) is 3.61. The molecular weight excluding hydrogens is 310 g/mol. The Balaban J connectivity index is 1.68. The van der Waals surface area contributed by atoms with E-state index in [1.54, 1.807) is 0 Å². The van der Waals surface area contributed by atoms with Crippen molar-refractivity contribution in [1.82, 2.24) is 4.90 Å². The largest absolute Gasteiger partial charge is 0.480 e. The monoisotopic (exact) mass is 333 g/mol. The van der Waals surface area contributed by atoms with Crippen LogP contribution in [0, 0.1) is 5.41 Å². The summed E-state index contributed by atoms with van der Waals surface area (Å²) in [6.45, 7) is 1.93. The van der Waals surface area contributed by atoms with Gasteiger partial charge in [-0.25, -0.2) is 9.59 Å². The molecule has 0 saturated carbocycles. The zero-order valence-electron chi connectivity index (χ0n) is 13.6. The lowest BCUT2D eigenvalue weighted by Crippen LogP contribution is -2.55. The summed E-state index contributed by atoms with van der Waals surface area (Å²) in [6.07, 6.45) is 2.46. The average molecular weight is 333 g/mol. The van der Waals surface area contributed by atoms with E-state index >= 15 is 0 Å². The second-order valence-corrected chi connectivity index (χ2v) is 6.67. The van der Waals surface area contributed by atoms with E-state index in [4.69, 9.17) is 9.47 Å². The van der Waals surface area contributed by atoms with Gasteiger partial charge in [-0.05, 0) is 36.7 Å². The Morgan fingerprint density at radius 1 is 1.21 bits per heavy atom. The number of carbonyl (C=O) groups is 2. The van der Waals surface area contributed by atoms with Gasteiger partial charge in [0.2, 0.25) is 0 Å². The van der Waals surface area contributed by atoms with Crippen molar-refractivity contribution in [3.63, 3.8) is 0 Å². The van der Waals surface area contributed by atoms with E-state index in [9.17, 15) is 14.7 Å². The van der Waals surface area contributed by atoms with E-state index < -0.39 is 18.1 Å². The number of nitrogens with zero attached hydrogens (tertiary/aromatic N) is 1. The molecule has 1 aromatic carbocycles. The molecule has 1 N–H and O–H groups in total. The van der Waals surface area contributed by atoms with Crippen LogP contribution in [-0.4, -0.2) is 47.9 Å². The molecular formula is C18H23NO5. The molecule has 0 bridgehead atoms. The van der Waals surface area contributed by atoms with Crippen molar-refractivity contribution in [1.29, 1.82) is 0 Å². The molecule has 2 heterocycles. The maximum absolute atomic E-state index is 12.5. The van der Waals surface area contributed by atoms with Crippen LogP contribution in [0.4, 0.5) is 4.79 Å². The van der Waals surface area contributed by atoms with E-state index in [0.717, 1.165) is 24.8 Å². The lowest BCUT2D eigenvalue weighted by Gasteiger charge is -2.46. The number of amides is 1. The molecule has 24 heavy (non-hydrogen) atoms. The van der Waals surface area contributed by atoms with Gasteiger partial charge in [0, 0.05) is 19.8 Å². The smallest absolute Gasteiger partial charge is 0.410 e. The van der Waals surface area contributed by atoms with E-state index in [1.165, 1.54) is 4.90 Å². The molecule has 1 spiro atoms. The van der Waals surface area contributed by atoms with Gasteiger partial charge in [-0.1, -0.05) is 30.3 Å². The first-order chi connectivity index (χ1) is 11.6. The molecule has 1 amide bonds. The highest BCUT2D eigenvalue weighted by atomic mass is 16.6. The normalized spacial score (nSPS) is 23.0. The van der Waals surface area contributed by atoms with Crippen molar-refractivity contribution in [3.8, 4) is 0 Å². The van der Waals surface area contributed by atoms with Crippen molar-refractivity contribution >= 4 is 12.1 Å². The lowest BCUT2D eigenvalue weighted by atomic mass is 9.72. The second kappa shape index (κ2) is 7.21. The van der Waals surface area contributed by atoms with Crippen molar-refractivity contribution in [2.75, 3.05) is 19.8 Å². The molecule has 0 aliphatic carbocycles. The zero-order chi connectivity index (χ0) is 17.0. The Kier molecular flexibility index (Phi) is 5.04. The van der Waals surface area contributed by atoms with E-state index in [-0.39, 0.29) is 12.0 Å². The van der Waals surface area contributed by atoms with Crippen LogP contribution in [0.2, 0.25) is 0 Å². The molecule has 2 fully saturated rings. The first-order valence-electron chi connectivity index (χ1n) is 8.38. The minimum atomic E-state index is -0.964. The molecule has 2 aliphatic rings. The van der Waals surface area contributed by atoms with Crippen LogP contribution in [0.1, 0.15) is 31.2 Å². The van der Waals surface area contributed by atoms with Crippen molar-refractivity contribution in [3.05, 3.63) is 35.9 Å². The standard InChI is InChI=1S/C18H23NO5/c20-16(21)15-6-7-18(8-10-23-11-9-18)13-19(15)17(22)24-12-14-4-2-1-3-5-14/h1-5,15H,6-13H2,(H,20,21). The lowest BCUT2D eigenvalue weighted by molar-refractivity contribution is -0.147. The molecule has 0 aromatic heterocycles. The highest BCUT2D eigenvalue weighted by Gasteiger charge is 2.45. The van der Waals surface area contributed by atoms with Gasteiger partial charge in [-0.2, -0.15) is 0 Å². The Morgan fingerprint density at radius 2 is 1.92 bits per heavy atom. The maximum atomic E-state index is 12.5. The van der Waals surface area contributed by atoms with Crippen LogP contribution >= 0.6 is 0 Å². The van der Waals surface area contributed by atoms with Crippen molar-refractivity contribution in [2.24, 2.45) is 5.41 Å². The second-order valence-electron chi connectivity index (χ2n) is 6.67. The van der Waals surface area contributed by atoms with Gasteiger partial charge in [0.1, 0.15) is 12.6 Å². The number of carboxylic acids is 1. The molecule has 6 heteroatoms. The predicted molar refractivity (Wildman–Crippen MR) is 86.5 cm³/mol. The minimum Gasteiger partial charge on any atom is -0.480 e. The number of piperidine rings is 1. The maximum Gasteiger partial charge on any atom is 0.410 e. The van der Waals surface area contributed by atoms with Crippen LogP contribution < -0.4 is 0 Å². The van der Waals surface area contributed by atoms with Crippen molar-refractivity contribution < 1.29 is 24.2 Å². The highest BCUT2D eigenvalue weighted by Crippen LogP contribution is 2.41. The number of carbonyl (C=O) groups excluding carboxylic acids is 1. The number of carboxylic acid groups (broad SMARTS) is 1.